The van der Waals surface area contributed by atoms with Gasteiger partial charge >= 0.3 is 0 Å². The van der Waals surface area contributed by atoms with Crippen LogP contribution in [-0.4, -0.2) is 21.3 Å². The van der Waals surface area contributed by atoms with Crippen LogP contribution in [0.3, 0.4) is 0 Å². The van der Waals surface area contributed by atoms with E-state index in [0.29, 0.717) is 6.04 Å². The fourth-order valence-corrected chi connectivity index (χ4v) is 4.44. The first-order valence-electron chi connectivity index (χ1n) is 7.84. The molecule has 5 heteroatoms. The van der Waals surface area contributed by atoms with Crippen LogP contribution in [0.5, 0.6) is 0 Å². The number of fused-ring (bicyclic) bond motifs is 1. The first-order valence-corrected chi connectivity index (χ1v) is 8.65. The first-order chi connectivity index (χ1) is 10.7. The zero-order valence-corrected chi connectivity index (χ0v) is 13.8. The van der Waals surface area contributed by atoms with E-state index in [-0.39, 0.29) is 0 Å². The Bertz CT molecular complexity index is 804. The summed E-state index contributed by atoms with van der Waals surface area (Å²) in [6.07, 6.45) is 7.84. The number of thiazole rings is 1. The van der Waals surface area contributed by atoms with Crippen molar-refractivity contribution in [3.05, 3.63) is 41.7 Å². The SMILES string of the molecule is Cc1cccc2sc(N3CCCCC3c3cnn(C)c3)nc12. The smallest absolute Gasteiger partial charge is 0.186 e. The molecule has 1 fully saturated rings. The molecule has 0 aliphatic carbocycles. The number of benzene rings is 1. The van der Waals surface area contributed by atoms with E-state index < -0.39 is 0 Å². The molecule has 114 valence electrons. The number of anilines is 1. The van der Waals surface area contributed by atoms with E-state index in [9.17, 15) is 0 Å². The van der Waals surface area contributed by atoms with Crippen LogP contribution in [0.4, 0.5) is 5.13 Å². The molecule has 1 unspecified atom stereocenters. The van der Waals surface area contributed by atoms with Crippen molar-refractivity contribution in [2.45, 2.75) is 32.2 Å². The molecule has 4 nitrogen and oxygen atoms in total. The number of para-hydroxylation sites is 1. The van der Waals surface area contributed by atoms with E-state index in [4.69, 9.17) is 4.98 Å². The van der Waals surface area contributed by atoms with Crippen LogP contribution >= 0.6 is 11.3 Å². The Labute approximate surface area is 134 Å². The second kappa shape index (κ2) is 5.39. The summed E-state index contributed by atoms with van der Waals surface area (Å²) >= 11 is 1.81. The number of nitrogens with zero attached hydrogens (tertiary/aromatic N) is 4. The van der Waals surface area contributed by atoms with E-state index in [1.165, 1.54) is 35.1 Å². The van der Waals surface area contributed by atoms with Gasteiger partial charge in [-0.3, -0.25) is 4.68 Å². The molecule has 0 radical (unpaired) electrons. The fraction of sp³-hybridized carbons (Fsp3) is 0.412. The topological polar surface area (TPSA) is 34.0 Å². The summed E-state index contributed by atoms with van der Waals surface area (Å²) in [6.45, 7) is 3.22. The highest BCUT2D eigenvalue weighted by Gasteiger charge is 2.27. The Kier molecular flexibility index (Phi) is 3.37. The average molecular weight is 312 g/mol. The Hall–Kier alpha value is -1.88. The second-order valence-electron chi connectivity index (χ2n) is 6.07. The quantitative estimate of drug-likeness (QED) is 0.715. The second-order valence-corrected chi connectivity index (χ2v) is 7.08. The lowest BCUT2D eigenvalue weighted by molar-refractivity contribution is 0.472. The predicted octanol–water partition coefficient (Wildman–Crippen LogP) is 4.07. The number of aryl methyl sites for hydroxylation is 2. The lowest BCUT2D eigenvalue weighted by atomic mass is 9.98. The van der Waals surface area contributed by atoms with Crippen molar-refractivity contribution in [3.63, 3.8) is 0 Å². The third-order valence-corrected chi connectivity index (χ3v) is 5.53. The average Bonchev–Trinajstić information content (AvgIpc) is 3.14. The standard InChI is InChI=1S/C17H20N4S/c1-12-6-5-8-15-16(12)19-17(22-15)21-9-4-3-7-14(21)13-10-18-20(2)11-13/h5-6,8,10-11,14H,3-4,7,9H2,1-2H3. The minimum atomic E-state index is 0.406. The van der Waals surface area contributed by atoms with Crippen molar-refractivity contribution in [2.75, 3.05) is 11.4 Å². The lowest BCUT2D eigenvalue weighted by Crippen LogP contribution is -2.33. The molecule has 3 heterocycles. The molecule has 0 amide bonds. The summed E-state index contributed by atoms with van der Waals surface area (Å²) in [6, 6.07) is 6.84. The highest BCUT2D eigenvalue weighted by Crippen LogP contribution is 2.39. The van der Waals surface area contributed by atoms with Crippen LogP contribution in [0.1, 0.15) is 36.4 Å². The molecule has 0 spiro atoms. The molecule has 1 aromatic carbocycles. The molecular weight excluding hydrogens is 292 g/mol. The molecule has 0 bridgehead atoms. The predicted molar refractivity (Wildman–Crippen MR) is 91.5 cm³/mol. The maximum Gasteiger partial charge on any atom is 0.186 e. The number of rotatable bonds is 2. The van der Waals surface area contributed by atoms with Crippen LogP contribution in [0.2, 0.25) is 0 Å². The highest BCUT2D eigenvalue weighted by molar-refractivity contribution is 7.22. The van der Waals surface area contributed by atoms with Crippen molar-refractivity contribution >= 4 is 26.7 Å². The van der Waals surface area contributed by atoms with Crippen LogP contribution in [0, 0.1) is 6.92 Å². The minimum absolute atomic E-state index is 0.406. The zero-order chi connectivity index (χ0) is 15.1. The van der Waals surface area contributed by atoms with Gasteiger partial charge in [0, 0.05) is 25.4 Å². The fourth-order valence-electron chi connectivity index (χ4n) is 3.32. The number of aromatic nitrogens is 3. The van der Waals surface area contributed by atoms with E-state index in [1.807, 2.05) is 29.3 Å². The molecule has 1 atom stereocenters. The van der Waals surface area contributed by atoms with Crippen molar-refractivity contribution in [3.8, 4) is 0 Å². The van der Waals surface area contributed by atoms with Gasteiger partial charge in [0.1, 0.15) is 0 Å². The summed E-state index contributed by atoms with van der Waals surface area (Å²) in [7, 11) is 1.98. The summed E-state index contributed by atoms with van der Waals surface area (Å²) in [4.78, 5) is 7.41. The third kappa shape index (κ3) is 2.29. The van der Waals surface area contributed by atoms with Crippen molar-refractivity contribution in [1.29, 1.82) is 0 Å². The van der Waals surface area contributed by atoms with Crippen LogP contribution < -0.4 is 4.90 Å². The normalized spacial score (nSPS) is 19.0. The molecule has 2 aromatic heterocycles. The lowest BCUT2D eigenvalue weighted by Gasteiger charge is -2.35. The monoisotopic (exact) mass is 312 g/mol. The summed E-state index contributed by atoms with van der Waals surface area (Å²) in [5.74, 6) is 0. The van der Waals surface area contributed by atoms with Gasteiger partial charge in [-0.1, -0.05) is 23.5 Å². The molecular formula is C17H20N4S. The van der Waals surface area contributed by atoms with E-state index >= 15 is 0 Å². The maximum absolute atomic E-state index is 4.94. The maximum atomic E-state index is 4.94. The highest BCUT2D eigenvalue weighted by atomic mass is 32.1. The van der Waals surface area contributed by atoms with Gasteiger partial charge in [0.25, 0.3) is 0 Å². The molecule has 3 aromatic rings. The first kappa shape index (κ1) is 13.8. The van der Waals surface area contributed by atoms with E-state index in [0.717, 1.165) is 17.2 Å². The van der Waals surface area contributed by atoms with Crippen molar-refractivity contribution < 1.29 is 0 Å². The van der Waals surface area contributed by atoms with Gasteiger partial charge in [0.15, 0.2) is 5.13 Å². The summed E-state index contributed by atoms with van der Waals surface area (Å²) in [5.41, 5.74) is 3.71. The zero-order valence-electron chi connectivity index (χ0n) is 13.0. The Morgan fingerprint density at radius 3 is 2.95 bits per heavy atom. The molecule has 1 aliphatic heterocycles. The van der Waals surface area contributed by atoms with Gasteiger partial charge in [-0.2, -0.15) is 5.10 Å². The van der Waals surface area contributed by atoms with Gasteiger partial charge < -0.3 is 4.90 Å². The molecule has 1 saturated heterocycles. The minimum Gasteiger partial charge on any atom is -0.341 e. The van der Waals surface area contributed by atoms with Gasteiger partial charge in [0.2, 0.25) is 0 Å². The van der Waals surface area contributed by atoms with E-state index in [2.05, 4.69) is 41.3 Å². The van der Waals surface area contributed by atoms with Gasteiger partial charge in [-0.05, 0) is 37.8 Å². The van der Waals surface area contributed by atoms with Crippen LogP contribution in [0.15, 0.2) is 30.6 Å². The van der Waals surface area contributed by atoms with Crippen LogP contribution in [-0.2, 0) is 7.05 Å². The Morgan fingerprint density at radius 2 is 2.18 bits per heavy atom. The van der Waals surface area contributed by atoms with Gasteiger partial charge in [-0.15, -0.1) is 0 Å². The summed E-state index contributed by atoms with van der Waals surface area (Å²) < 4.78 is 3.18. The largest absolute Gasteiger partial charge is 0.341 e. The van der Waals surface area contributed by atoms with Gasteiger partial charge in [0.05, 0.1) is 22.5 Å². The third-order valence-electron chi connectivity index (χ3n) is 4.47. The molecule has 0 N–H and O–H groups in total. The molecule has 4 rings (SSSR count). The number of piperidine rings is 1. The van der Waals surface area contributed by atoms with E-state index in [1.54, 1.807) is 0 Å². The van der Waals surface area contributed by atoms with Gasteiger partial charge in [-0.25, -0.2) is 4.98 Å². The Morgan fingerprint density at radius 1 is 1.27 bits per heavy atom. The summed E-state index contributed by atoms with van der Waals surface area (Å²) in [5, 5.41) is 5.50. The molecule has 1 aliphatic rings. The number of hydrogen-bond acceptors (Lipinski definition) is 4. The Balaban J connectivity index is 1.75. The molecule has 22 heavy (non-hydrogen) atoms. The van der Waals surface area contributed by atoms with Crippen LogP contribution in [0.25, 0.3) is 10.2 Å². The van der Waals surface area contributed by atoms with Crippen molar-refractivity contribution in [2.24, 2.45) is 7.05 Å². The van der Waals surface area contributed by atoms with Crippen molar-refractivity contribution in [1.82, 2.24) is 14.8 Å². The number of hydrogen-bond donors (Lipinski definition) is 0. The molecule has 0 saturated carbocycles.